The summed E-state index contributed by atoms with van der Waals surface area (Å²) < 4.78 is 16.6. The van der Waals surface area contributed by atoms with Gasteiger partial charge in [-0.2, -0.15) is 0 Å². The van der Waals surface area contributed by atoms with E-state index in [2.05, 4.69) is 32.2 Å². The first-order valence-electron chi connectivity index (χ1n) is 7.53. The summed E-state index contributed by atoms with van der Waals surface area (Å²) in [6.45, 7) is 8.34. The molecule has 1 N–H and O–H groups in total. The molecule has 1 saturated heterocycles. The van der Waals surface area contributed by atoms with Gasteiger partial charge in [-0.1, -0.05) is 6.07 Å². The lowest BCUT2D eigenvalue weighted by Crippen LogP contribution is -2.39. The van der Waals surface area contributed by atoms with Crippen molar-refractivity contribution in [2.24, 2.45) is 5.92 Å². The van der Waals surface area contributed by atoms with Crippen molar-refractivity contribution < 1.29 is 14.2 Å². The van der Waals surface area contributed by atoms with Crippen LogP contribution in [-0.2, 0) is 4.74 Å². The Hall–Kier alpha value is -1.26. The van der Waals surface area contributed by atoms with Crippen LogP contribution >= 0.6 is 0 Å². The van der Waals surface area contributed by atoms with E-state index >= 15 is 0 Å². The molecule has 2 unspecified atom stereocenters. The molecule has 0 aliphatic carbocycles. The van der Waals surface area contributed by atoms with Crippen molar-refractivity contribution in [1.29, 1.82) is 0 Å². The molecule has 2 atom stereocenters. The van der Waals surface area contributed by atoms with Crippen LogP contribution in [0.25, 0.3) is 0 Å². The number of nitrogens with one attached hydrogen (secondary N) is 1. The van der Waals surface area contributed by atoms with Crippen molar-refractivity contribution in [3.8, 4) is 11.5 Å². The van der Waals surface area contributed by atoms with Gasteiger partial charge >= 0.3 is 0 Å². The maximum Gasteiger partial charge on any atom is 0.161 e. The summed E-state index contributed by atoms with van der Waals surface area (Å²) in [4.78, 5) is 0. The highest BCUT2D eigenvalue weighted by Crippen LogP contribution is 2.38. The first kappa shape index (κ1) is 16.1. The Labute approximate surface area is 127 Å². The topological polar surface area (TPSA) is 39.7 Å². The maximum atomic E-state index is 5.95. The Morgan fingerprint density at radius 1 is 1.19 bits per heavy atom. The molecule has 0 bridgehead atoms. The molecule has 2 rings (SSSR count). The molecule has 1 aromatic rings. The summed E-state index contributed by atoms with van der Waals surface area (Å²) in [5.41, 5.74) is 1.29. The Morgan fingerprint density at radius 2 is 1.90 bits per heavy atom. The van der Waals surface area contributed by atoms with E-state index in [1.165, 1.54) is 0 Å². The summed E-state index contributed by atoms with van der Waals surface area (Å²) in [6.07, 6.45) is 1.21. The summed E-state index contributed by atoms with van der Waals surface area (Å²) in [7, 11) is 3.31. The van der Waals surface area contributed by atoms with Gasteiger partial charge in [-0.05, 0) is 44.9 Å². The summed E-state index contributed by atoms with van der Waals surface area (Å²) in [5, 5.41) is 3.58. The first-order chi connectivity index (χ1) is 9.94. The summed E-state index contributed by atoms with van der Waals surface area (Å²) in [6, 6.07) is 6.05. The molecule has 4 heteroatoms. The van der Waals surface area contributed by atoms with Crippen LogP contribution in [0.15, 0.2) is 18.2 Å². The zero-order valence-electron chi connectivity index (χ0n) is 13.7. The van der Waals surface area contributed by atoms with Crippen molar-refractivity contribution >= 4 is 0 Å². The van der Waals surface area contributed by atoms with E-state index < -0.39 is 0 Å². The van der Waals surface area contributed by atoms with Crippen LogP contribution in [0.2, 0.25) is 0 Å². The third kappa shape index (κ3) is 4.11. The van der Waals surface area contributed by atoms with Crippen LogP contribution in [0, 0.1) is 5.92 Å². The maximum absolute atomic E-state index is 5.95. The molecule has 0 aromatic heterocycles. The smallest absolute Gasteiger partial charge is 0.161 e. The lowest BCUT2D eigenvalue weighted by atomic mass is 9.94. The lowest BCUT2D eigenvalue weighted by Gasteiger charge is -2.26. The minimum absolute atomic E-state index is 0.125. The molecule has 1 aliphatic heterocycles. The zero-order valence-corrected chi connectivity index (χ0v) is 13.7. The largest absolute Gasteiger partial charge is 0.493 e. The molecular formula is C17H27NO3. The predicted octanol–water partition coefficient (Wildman–Crippen LogP) is 3.17. The van der Waals surface area contributed by atoms with Gasteiger partial charge in [-0.15, -0.1) is 0 Å². The number of hydrogen-bond acceptors (Lipinski definition) is 4. The van der Waals surface area contributed by atoms with Crippen LogP contribution in [0.4, 0.5) is 0 Å². The number of benzene rings is 1. The highest BCUT2D eigenvalue weighted by molar-refractivity contribution is 5.43. The molecule has 0 amide bonds. The normalized spacial score (nSPS) is 22.3. The fraction of sp³-hybridized carbons (Fsp3) is 0.647. The standard InChI is InChI=1S/C17H27NO3/c1-17(2,3)18-11-13-8-9-21-16(13)12-6-7-14(19-4)15(10-12)20-5/h6-7,10,13,16,18H,8-9,11H2,1-5H3. The van der Waals surface area contributed by atoms with E-state index in [4.69, 9.17) is 14.2 Å². The van der Waals surface area contributed by atoms with Crippen molar-refractivity contribution in [2.75, 3.05) is 27.4 Å². The molecule has 1 aromatic carbocycles. The quantitative estimate of drug-likeness (QED) is 0.905. The van der Waals surface area contributed by atoms with Gasteiger partial charge in [0.25, 0.3) is 0 Å². The molecular weight excluding hydrogens is 266 g/mol. The van der Waals surface area contributed by atoms with Crippen LogP contribution in [0.3, 0.4) is 0 Å². The van der Waals surface area contributed by atoms with E-state index in [1.807, 2.05) is 12.1 Å². The average Bonchev–Trinajstić information content (AvgIpc) is 2.92. The van der Waals surface area contributed by atoms with Gasteiger partial charge < -0.3 is 19.5 Å². The fourth-order valence-electron chi connectivity index (χ4n) is 2.68. The Bertz CT molecular complexity index is 468. The van der Waals surface area contributed by atoms with E-state index in [-0.39, 0.29) is 11.6 Å². The van der Waals surface area contributed by atoms with E-state index in [0.29, 0.717) is 5.92 Å². The molecule has 118 valence electrons. The molecule has 0 spiro atoms. The van der Waals surface area contributed by atoms with Crippen LogP contribution in [0.1, 0.15) is 38.9 Å². The number of methoxy groups -OCH3 is 2. The van der Waals surface area contributed by atoms with E-state index in [9.17, 15) is 0 Å². The van der Waals surface area contributed by atoms with Crippen LogP contribution < -0.4 is 14.8 Å². The molecule has 21 heavy (non-hydrogen) atoms. The van der Waals surface area contributed by atoms with Gasteiger partial charge in [0.05, 0.1) is 20.3 Å². The summed E-state index contributed by atoms with van der Waals surface area (Å²) in [5.74, 6) is 2.00. The molecule has 0 saturated carbocycles. The minimum atomic E-state index is 0.125. The van der Waals surface area contributed by atoms with E-state index in [1.54, 1.807) is 14.2 Å². The second-order valence-corrected chi connectivity index (χ2v) is 6.59. The average molecular weight is 293 g/mol. The third-order valence-electron chi connectivity index (χ3n) is 3.84. The second-order valence-electron chi connectivity index (χ2n) is 6.59. The van der Waals surface area contributed by atoms with Crippen LogP contribution in [0.5, 0.6) is 11.5 Å². The first-order valence-corrected chi connectivity index (χ1v) is 7.53. The van der Waals surface area contributed by atoms with Gasteiger partial charge in [0, 0.05) is 24.6 Å². The fourth-order valence-corrected chi connectivity index (χ4v) is 2.68. The Kier molecular flexibility index (Phi) is 5.12. The molecule has 1 heterocycles. The highest BCUT2D eigenvalue weighted by Gasteiger charge is 2.31. The Balaban J connectivity index is 2.12. The summed E-state index contributed by atoms with van der Waals surface area (Å²) >= 11 is 0. The van der Waals surface area contributed by atoms with Crippen molar-refractivity contribution in [3.63, 3.8) is 0 Å². The third-order valence-corrected chi connectivity index (χ3v) is 3.84. The molecule has 4 nitrogen and oxygen atoms in total. The molecule has 1 fully saturated rings. The number of hydrogen-bond donors (Lipinski definition) is 1. The molecule has 0 radical (unpaired) electrons. The number of rotatable bonds is 5. The van der Waals surface area contributed by atoms with Crippen molar-refractivity contribution in [2.45, 2.75) is 38.8 Å². The second kappa shape index (κ2) is 6.67. The van der Waals surface area contributed by atoms with Gasteiger partial charge in [-0.25, -0.2) is 0 Å². The van der Waals surface area contributed by atoms with Crippen LogP contribution in [-0.4, -0.2) is 32.9 Å². The minimum Gasteiger partial charge on any atom is -0.493 e. The van der Waals surface area contributed by atoms with Crippen molar-refractivity contribution in [1.82, 2.24) is 5.32 Å². The zero-order chi connectivity index (χ0) is 15.5. The van der Waals surface area contributed by atoms with Gasteiger partial charge in [0.1, 0.15) is 0 Å². The van der Waals surface area contributed by atoms with Gasteiger partial charge in [0.15, 0.2) is 11.5 Å². The predicted molar refractivity (Wildman–Crippen MR) is 84.1 cm³/mol. The van der Waals surface area contributed by atoms with Gasteiger partial charge in [0.2, 0.25) is 0 Å². The monoisotopic (exact) mass is 293 g/mol. The van der Waals surface area contributed by atoms with Gasteiger partial charge in [-0.3, -0.25) is 0 Å². The number of ether oxygens (including phenoxy) is 3. The van der Waals surface area contributed by atoms with E-state index in [0.717, 1.165) is 36.6 Å². The SMILES string of the molecule is COc1ccc(C2OCCC2CNC(C)(C)C)cc1OC. The highest BCUT2D eigenvalue weighted by atomic mass is 16.5. The molecule has 1 aliphatic rings. The lowest BCUT2D eigenvalue weighted by molar-refractivity contribution is 0.0887. The Morgan fingerprint density at radius 3 is 2.52 bits per heavy atom. The van der Waals surface area contributed by atoms with Crippen molar-refractivity contribution in [3.05, 3.63) is 23.8 Å².